The Morgan fingerprint density at radius 1 is 0.765 bits per heavy atom. The third-order valence-corrected chi connectivity index (χ3v) is 2.59. The summed E-state index contributed by atoms with van der Waals surface area (Å²) in [4.78, 5) is 0. The van der Waals surface area contributed by atoms with E-state index in [4.69, 9.17) is 17.5 Å². The van der Waals surface area contributed by atoms with Gasteiger partial charge in [-0.05, 0) is 0 Å². The van der Waals surface area contributed by atoms with Crippen molar-refractivity contribution >= 4 is 10.4 Å². The topological polar surface area (TPSA) is 105 Å². The highest BCUT2D eigenvalue weighted by molar-refractivity contribution is 7.79. The van der Waals surface area contributed by atoms with Gasteiger partial charge in [0.15, 0.2) is 0 Å². The summed E-state index contributed by atoms with van der Waals surface area (Å²) in [5, 5.41) is 11.7. The zero-order valence-corrected chi connectivity index (χ0v) is 10.5. The molecule has 0 aromatic carbocycles. The SMILES string of the molecule is C1CN(N2CCNCC2)CCN1.O=S(=O)(O)O. The van der Waals surface area contributed by atoms with E-state index in [0.29, 0.717) is 0 Å². The van der Waals surface area contributed by atoms with Crippen LogP contribution in [0.4, 0.5) is 0 Å². The third-order valence-electron chi connectivity index (χ3n) is 2.59. The number of hydrazine groups is 1. The molecule has 0 aromatic rings. The molecule has 0 spiro atoms. The van der Waals surface area contributed by atoms with E-state index in [1.54, 1.807) is 0 Å². The van der Waals surface area contributed by atoms with Gasteiger partial charge in [0.25, 0.3) is 0 Å². The van der Waals surface area contributed by atoms with Crippen molar-refractivity contribution < 1.29 is 17.5 Å². The summed E-state index contributed by atoms with van der Waals surface area (Å²) in [6, 6.07) is 0. The molecule has 0 radical (unpaired) electrons. The Kier molecular flexibility index (Phi) is 6.27. The van der Waals surface area contributed by atoms with Crippen LogP contribution in [-0.4, -0.2) is 79.9 Å². The van der Waals surface area contributed by atoms with E-state index in [-0.39, 0.29) is 0 Å². The first-order valence-corrected chi connectivity index (χ1v) is 6.97. The third kappa shape index (κ3) is 7.60. The van der Waals surface area contributed by atoms with E-state index in [1.165, 1.54) is 26.2 Å². The van der Waals surface area contributed by atoms with Gasteiger partial charge in [-0.1, -0.05) is 0 Å². The molecule has 2 aliphatic heterocycles. The summed E-state index contributed by atoms with van der Waals surface area (Å²) < 4.78 is 31.6. The molecule has 2 fully saturated rings. The molecule has 8 nitrogen and oxygen atoms in total. The molecule has 0 amide bonds. The molecule has 0 saturated carbocycles. The van der Waals surface area contributed by atoms with Crippen LogP contribution in [-0.2, 0) is 10.4 Å². The van der Waals surface area contributed by atoms with Gasteiger partial charge in [-0.25, -0.2) is 10.0 Å². The van der Waals surface area contributed by atoms with E-state index in [9.17, 15) is 0 Å². The fraction of sp³-hybridized carbons (Fsp3) is 1.00. The lowest BCUT2D eigenvalue weighted by Crippen LogP contribution is -2.57. The molecule has 0 atom stereocenters. The van der Waals surface area contributed by atoms with E-state index < -0.39 is 10.4 Å². The van der Waals surface area contributed by atoms with Gasteiger partial charge >= 0.3 is 10.4 Å². The maximum absolute atomic E-state index is 8.74. The highest BCUT2D eigenvalue weighted by atomic mass is 32.3. The minimum Gasteiger partial charge on any atom is -0.314 e. The second-order valence-corrected chi connectivity index (χ2v) is 4.75. The van der Waals surface area contributed by atoms with Crippen molar-refractivity contribution in [3.8, 4) is 0 Å². The second-order valence-electron chi connectivity index (χ2n) is 3.86. The van der Waals surface area contributed by atoms with Crippen LogP contribution in [0.3, 0.4) is 0 Å². The van der Waals surface area contributed by atoms with Crippen molar-refractivity contribution in [2.24, 2.45) is 0 Å². The van der Waals surface area contributed by atoms with E-state index >= 15 is 0 Å². The molecule has 102 valence electrons. The molecule has 2 rings (SSSR count). The fourth-order valence-electron chi connectivity index (χ4n) is 1.87. The van der Waals surface area contributed by atoms with Gasteiger partial charge in [-0.3, -0.25) is 9.11 Å². The van der Waals surface area contributed by atoms with Crippen LogP contribution in [0.2, 0.25) is 0 Å². The minimum absolute atomic E-state index is 1.14. The minimum atomic E-state index is -4.67. The lowest BCUT2D eigenvalue weighted by Gasteiger charge is -2.39. The van der Waals surface area contributed by atoms with E-state index in [1.807, 2.05) is 0 Å². The molecule has 0 unspecified atom stereocenters. The van der Waals surface area contributed by atoms with Gasteiger partial charge < -0.3 is 10.6 Å². The summed E-state index contributed by atoms with van der Waals surface area (Å²) in [5.41, 5.74) is 0. The summed E-state index contributed by atoms with van der Waals surface area (Å²) in [5.74, 6) is 0. The first-order valence-electron chi connectivity index (χ1n) is 5.58. The average Bonchev–Trinajstić information content (AvgIpc) is 2.29. The average molecular weight is 268 g/mol. The largest absolute Gasteiger partial charge is 0.394 e. The molecular weight excluding hydrogens is 248 g/mol. The Bertz CT molecular complexity index is 275. The first kappa shape index (κ1) is 14.8. The van der Waals surface area contributed by atoms with Crippen LogP contribution < -0.4 is 10.6 Å². The standard InChI is InChI=1S/C8H18N4.H2O4S/c1-5-11(6-2-9-1)12-7-3-10-4-8-12;1-5(2,3)4/h9-10H,1-8H2;(H2,1,2,3,4). The maximum atomic E-state index is 8.74. The summed E-state index contributed by atoms with van der Waals surface area (Å²) in [6.07, 6.45) is 0. The molecule has 4 N–H and O–H groups in total. The zero-order chi connectivity index (χ0) is 12.7. The smallest absolute Gasteiger partial charge is 0.314 e. The van der Waals surface area contributed by atoms with Crippen LogP contribution in [0.1, 0.15) is 0 Å². The number of rotatable bonds is 1. The Morgan fingerprint density at radius 2 is 1.00 bits per heavy atom. The Labute approximate surface area is 102 Å². The fourth-order valence-corrected chi connectivity index (χ4v) is 1.87. The Hall–Kier alpha value is -0.290. The van der Waals surface area contributed by atoms with Crippen LogP contribution in [0, 0.1) is 0 Å². The quantitative estimate of drug-likeness (QED) is 0.407. The van der Waals surface area contributed by atoms with Crippen molar-refractivity contribution in [2.75, 3.05) is 52.4 Å². The number of hydrogen-bond donors (Lipinski definition) is 4. The maximum Gasteiger partial charge on any atom is 0.394 e. The predicted molar refractivity (Wildman–Crippen MR) is 63.1 cm³/mol. The van der Waals surface area contributed by atoms with Crippen molar-refractivity contribution in [3.05, 3.63) is 0 Å². The summed E-state index contributed by atoms with van der Waals surface area (Å²) >= 11 is 0. The second kappa shape index (κ2) is 7.21. The number of nitrogens with zero attached hydrogens (tertiary/aromatic N) is 2. The molecule has 0 aromatic heterocycles. The van der Waals surface area contributed by atoms with Crippen LogP contribution >= 0.6 is 0 Å². The van der Waals surface area contributed by atoms with E-state index in [2.05, 4.69) is 20.7 Å². The summed E-state index contributed by atoms with van der Waals surface area (Å²) in [7, 11) is -4.67. The molecule has 9 heteroatoms. The lowest BCUT2D eigenvalue weighted by atomic mass is 10.4. The van der Waals surface area contributed by atoms with Gasteiger partial charge in [-0.15, -0.1) is 0 Å². The van der Waals surface area contributed by atoms with Gasteiger partial charge in [0.05, 0.1) is 0 Å². The molecule has 17 heavy (non-hydrogen) atoms. The molecule has 2 saturated heterocycles. The van der Waals surface area contributed by atoms with Crippen LogP contribution in [0.25, 0.3) is 0 Å². The highest BCUT2D eigenvalue weighted by Gasteiger charge is 2.18. The van der Waals surface area contributed by atoms with Crippen molar-refractivity contribution in [1.82, 2.24) is 20.7 Å². The normalized spacial score (nSPS) is 23.9. The molecule has 0 bridgehead atoms. The van der Waals surface area contributed by atoms with Crippen molar-refractivity contribution in [2.45, 2.75) is 0 Å². The van der Waals surface area contributed by atoms with Crippen molar-refractivity contribution in [3.63, 3.8) is 0 Å². The molecule has 2 aliphatic rings. The zero-order valence-electron chi connectivity index (χ0n) is 9.67. The lowest BCUT2D eigenvalue weighted by molar-refractivity contribution is -0.0417. The Morgan fingerprint density at radius 3 is 1.24 bits per heavy atom. The summed E-state index contributed by atoms with van der Waals surface area (Å²) in [6.45, 7) is 9.29. The van der Waals surface area contributed by atoms with Crippen LogP contribution in [0.5, 0.6) is 0 Å². The number of piperazine rings is 2. The van der Waals surface area contributed by atoms with Gasteiger partial charge in [0.2, 0.25) is 0 Å². The Balaban J connectivity index is 0.000000249. The first-order chi connectivity index (χ1) is 7.97. The van der Waals surface area contributed by atoms with Crippen LogP contribution in [0.15, 0.2) is 0 Å². The van der Waals surface area contributed by atoms with E-state index in [0.717, 1.165) is 26.2 Å². The monoisotopic (exact) mass is 268 g/mol. The number of nitrogens with one attached hydrogen (secondary N) is 2. The van der Waals surface area contributed by atoms with Gasteiger partial charge in [0, 0.05) is 52.4 Å². The highest BCUT2D eigenvalue weighted by Crippen LogP contribution is 2.01. The molecule has 2 heterocycles. The number of hydrogen-bond acceptors (Lipinski definition) is 6. The molecule has 0 aliphatic carbocycles. The predicted octanol–water partition coefficient (Wildman–Crippen LogP) is -1.94. The van der Waals surface area contributed by atoms with Gasteiger partial charge in [0.1, 0.15) is 0 Å². The molecular formula is C8H20N4O4S. The van der Waals surface area contributed by atoms with Crippen molar-refractivity contribution in [1.29, 1.82) is 0 Å². The van der Waals surface area contributed by atoms with Gasteiger partial charge in [-0.2, -0.15) is 8.42 Å².